The van der Waals surface area contributed by atoms with Crippen molar-refractivity contribution in [1.82, 2.24) is 4.57 Å². The highest BCUT2D eigenvalue weighted by atomic mass is 15.2. The molecule has 14 aromatic rings. The number of hydrogen-bond acceptors (Lipinski definition) is 2. The lowest BCUT2D eigenvalue weighted by Crippen LogP contribution is -2.26. The van der Waals surface area contributed by atoms with Crippen molar-refractivity contribution in [2.45, 2.75) is 5.41 Å². The van der Waals surface area contributed by atoms with Gasteiger partial charge in [0.05, 0.1) is 33.3 Å². The molecule has 0 saturated carbocycles. The molecule has 0 fully saturated rings. The lowest BCUT2D eigenvalue weighted by atomic mass is 9.70. The van der Waals surface area contributed by atoms with Crippen molar-refractivity contribution < 1.29 is 5.48 Å². The average molecular weight is 996 g/mol. The van der Waals surface area contributed by atoms with Gasteiger partial charge in [0, 0.05) is 50.0 Å². The van der Waals surface area contributed by atoms with E-state index in [1.165, 1.54) is 44.5 Å². The highest BCUT2D eigenvalue weighted by Gasteiger charge is 2.51. The van der Waals surface area contributed by atoms with Gasteiger partial charge in [0.2, 0.25) is 0 Å². The number of aromatic nitrogens is 1. The first-order valence-electron chi connectivity index (χ1n) is 28.7. The molecule has 0 aliphatic heterocycles. The van der Waals surface area contributed by atoms with Crippen molar-refractivity contribution in [2.24, 2.45) is 0 Å². The molecule has 3 heteroatoms. The minimum atomic E-state index is -0.556. The van der Waals surface area contributed by atoms with Crippen LogP contribution in [0.1, 0.15) is 27.7 Å². The summed E-state index contributed by atoms with van der Waals surface area (Å²) in [5.74, 6) is 0. The van der Waals surface area contributed by atoms with E-state index in [1.807, 2.05) is 77.7 Å². The Balaban J connectivity index is 0.892. The first-order chi connectivity index (χ1) is 40.4. The van der Waals surface area contributed by atoms with E-state index in [-0.39, 0.29) is 35.4 Å². The third-order valence-electron chi connectivity index (χ3n) is 16.4. The molecule has 0 unspecified atom stereocenters. The van der Waals surface area contributed by atoms with Crippen LogP contribution in [-0.4, -0.2) is 4.57 Å². The fraction of sp³-hybridized carbons (Fsp3) is 0.0133. The van der Waals surface area contributed by atoms with Gasteiger partial charge in [0.1, 0.15) is 0 Å². The summed E-state index contributed by atoms with van der Waals surface area (Å²) in [5.41, 5.74) is 17.8. The third kappa shape index (κ3) is 6.46. The molecule has 0 radical (unpaired) electrons. The molecule has 2 aliphatic rings. The average Bonchev–Trinajstić information content (AvgIpc) is 2.60. The highest BCUT2D eigenvalue weighted by molar-refractivity contribution is 6.11. The van der Waals surface area contributed by atoms with Crippen molar-refractivity contribution in [2.75, 3.05) is 9.80 Å². The summed E-state index contributed by atoms with van der Waals surface area (Å²) in [6.07, 6.45) is 0. The van der Waals surface area contributed by atoms with Crippen LogP contribution in [0.15, 0.2) is 297 Å². The van der Waals surface area contributed by atoms with Gasteiger partial charge in [-0.1, -0.05) is 218 Å². The van der Waals surface area contributed by atoms with Gasteiger partial charge >= 0.3 is 0 Å². The molecule has 0 N–H and O–H groups in total. The Labute approximate surface area is 459 Å². The zero-order chi connectivity index (χ0) is 54.8. The summed E-state index contributed by atoms with van der Waals surface area (Å²) in [6, 6.07) is 95.1. The lowest BCUT2D eigenvalue weighted by Gasteiger charge is -2.33. The number of nitrogens with zero attached hydrogens (tertiary/aromatic N) is 3. The molecular formula is C75H49N3. The number of rotatable bonds is 8. The van der Waals surface area contributed by atoms with Crippen LogP contribution in [-0.2, 0) is 5.41 Å². The van der Waals surface area contributed by atoms with Crippen LogP contribution in [0, 0.1) is 0 Å². The Morgan fingerprint density at radius 3 is 1.53 bits per heavy atom. The van der Waals surface area contributed by atoms with Crippen molar-refractivity contribution in [3.05, 3.63) is 319 Å². The van der Waals surface area contributed by atoms with Crippen LogP contribution in [0.3, 0.4) is 0 Å². The van der Waals surface area contributed by atoms with Gasteiger partial charge in [-0.2, -0.15) is 0 Å². The normalized spacial score (nSPS) is 13.4. The summed E-state index contributed by atoms with van der Waals surface area (Å²) in [5, 5.41) is 6.09. The number of fused-ring (bicyclic) bond motifs is 15. The second-order valence-electron chi connectivity index (χ2n) is 20.4. The second-order valence-corrected chi connectivity index (χ2v) is 20.4. The van der Waals surface area contributed by atoms with E-state index >= 15 is 0 Å². The van der Waals surface area contributed by atoms with E-state index in [4.69, 9.17) is 0 Å². The molecule has 364 valence electrons. The molecule has 2 aliphatic carbocycles. The largest absolute Gasteiger partial charge is 0.310 e. The van der Waals surface area contributed by atoms with E-state index in [2.05, 4.69) is 210 Å². The fourth-order valence-corrected chi connectivity index (χ4v) is 13.2. The van der Waals surface area contributed by atoms with Crippen LogP contribution in [0.2, 0.25) is 0 Å². The summed E-state index contributed by atoms with van der Waals surface area (Å²) >= 11 is 0. The quantitative estimate of drug-likeness (QED) is 0.150. The van der Waals surface area contributed by atoms with E-state index in [0.29, 0.717) is 16.9 Å². The number of benzene rings is 13. The minimum Gasteiger partial charge on any atom is -0.310 e. The maximum atomic E-state index is 10.0. The minimum absolute atomic E-state index is 0.124. The molecule has 78 heavy (non-hydrogen) atoms. The summed E-state index contributed by atoms with van der Waals surface area (Å²) < 4.78 is 42.4. The SMILES string of the molecule is [2H]c1c([2H])c(N(c2ccccc2)c2ccc3c4ccccc4n(-c4ccccc4)c3c2)c([2H])c([2H])c1-c1cccc2c(N(c3ccc4c(c3)C3(c5ccccc5-c5ccccc53)c3ccccc3-4)c3cccc4ccccc34)cccc12. The highest BCUT2D eigenvalue weighted by Crippen LogP contribution is 2.63. The molecule has 1 spiro atoms. The van der Waals surface area contributed by atoms with Crippen LogP contribution in [0.5, 0.6) is 0 Å². The maximum absolute atomic E-state index is 10.0. The molecule has 16 rings (SSSR count). The zero-order valence-corrected chi connectivity index (χ0v) is 42.3. The van der Waals surface area contributed by atoms with E-state index in [9.17, 15) is 5.48 Å². The molecule has 0 atom stereocenters. The van der Waals surface area contributed by atoms with Gasteiger partial charge in [0.25, 0.3) is 0 Å². The van der Waals surface area contributed by atoms with E-state index in [0.717, 1.165) is 66.1 Å². The van der Waals surface area contributed by atoms with Crippen LogP contribution < -0.4 is 9.80 Å². The van der Waals surface area contributed by atoms with Gasteiger partial charge in [-0.15, -0.1) is 0 Å². The molecule has 0 amide bonds. The molecule has 1 heterocycles. The fourth-order valence-electron chi connectivity index (χ4n) is 13.2. The van der Waals surface area contributed by atoms with Gasteiger partial charge in [-0.25, -0.2) is 0 Å². The molecule has 1 aromatic heterocycles. The molecular weight excluding hydrogens is 943 g/mol. The molecule has 0 bridgehead atoms. The predicted molar refractivity (Wildman–Crippen MR) is 327 cm³/mol. The standard InChI is InChI=1S/C75H49N3/c1-3-22-52(23-4-1)76(56-45-47-66-65-30-12-16-37-72(65)77(74(66)49-56)53-24-5-2-6-25-53)54-42-40-51(41-43-54)57-31-18-33-64-59(57)32-19-39-73(64)78(71-38-17-21-50-20-7-8-26-58(50)71)55-44-46-63-62-29-11-15-36-69(62)75(70(63)48-55)67-34-13-9-27-60(67)61-28-10-14-35-68(61)75/h1-49H/i40D,41D,42D,43D. The Hall–Kier alpha value is -10.2. The Bertz CT molecular complexity index is 4850. The van der Waals surface area contributed by atoms with Gasteiger partial charge in [-0.05, 0) is 145 Å². The smallest absolute Gasteiger partial charge is 0.0726 e. The van der Waals surface area contributed by atoms with Crippen LogP contribution in [0.4, 0.5) is 34.1 Å². The van der Waals surface area contributed by atoms with Crippen LogP contribution in [0.25, 0.3) is 82.4 Å². The Morgan fingerprint density at radius 1 is 0.295 bits per heavy atom. The summed E-state index contributed by atoms with van der Waals surface area (Å²) in [7, 11) is 0. The lowest BCUT2D eigenvalue weighted by molar-refractivity contribution is 0.793. The van der Waals surface area contributed by atoms with E-state index in [1.54, 1.807) is 0 Å². The van der Waals surface area contributed by atoms with Crippen molar-refractivity contribution >= 4 is 77.5 Å². The Morgan fingerprint density at radius 2 is 0.795 bits per heavy atom. The first-order valence-corrected chi connectivity index (χ1v) is 26.7. The molecule has 13 aromatic carbocycles. The van der Waals surface area contributed by atoms with Gasteiger partial charge in [-0.3, -0.25) is 0 Å². The van der Waals surface area contributed by atoms with Crippen molar-refractivity contribution in [1.29, 1.82) is 0 Å². The third-order valence-corrected chi connectivity index (χ3v) is 16.4. The predicted octanol–water partition coefficient (Wildman–Crippen LogP) is 20.0. The maximum Gasteiger partial charge on any atom is 0.0726 e. The van der Waals surface area contributed by atoms with E-state index < -0.39 is 5.41 Å². The number of hydrogen-bond donors (Lipinski definition) is 0. The number of para-hydroxylation sites is 3. The topological polar surface area (TPSA) is 11.4 Å². The van der Waals surface area contributed by atoms with Crippen molar-refractivity contribution in [3.8, 4) is 39.1 Å². The van der Waals surface area contributed by atoms with Gasteiger partial charge < -0.3 is 14.4 Å². The van der Waals surface area contributed by atoms with Gasteiger partial charge in [0.15, 0.2) is 0 Å². The Kier molecular flexibility index (Phi) is 8.97. The summed E-state index contributed by atoms with van der Waals surface area (Å²) in [4.78, 5) is 4.25. The van der Waals surface area contributed by atoms with Crippen LogP contribution >= 0.6 is 0 Å². The molecule has 3 nitrogen and oxygen atoms in total. The van der Waals surface area contributed by atoms with Crippen molar-refractivity contribution in [3.63, 3.8) is 0 Å². The zero-order valence-electron chi connectivity index (χ0n) is 46.3. The first kappa shape index (κ1) is 40.1. The monoisotopic (exact) mass is 995 g/mol. The molecule has 0 saturated heterocycles. The summed E-state index contributed by atoms with van der Waals surface area (Å²) in [6.45, 7) is 0. The second kappa shape index (κ2) is 17.4. The number of anilines is 6.